The number of rotatable bonds is 7. The number of carboxylic acids is 1. The molecule has 2 N–H and O–H groups in total. The first-order valence-corrected chi connectivity index (χ1v) is 8.90. The number of benzene rings is 1. The summed E-state index contributed by atoms with van der Waals surface area (Å²) in [4.78, 5) is 37.5. The van der Waals surface area contributed by atoms with Gasteiger partial charge >= 0.3 is 5.97 Å². The summed E-state index contributed by atoms with van der Waals surface area (Å²) in [6.07, 6.45) is 2.15. The summed E-state index contributed by atoms with van der Waals surface area (Å²) in [5, 5.41) is 11.8. The minimum absolute atomic E-state index is 0.0224. The molecule has 7 heteroatoms. The van der Waals surface area contributed by atoms with E-state index in [9.17, 15) is 14.4 Å². The Kier molecular flexibility index (Phi) is 7.00. The fourth-order valence-corrected chi connectivity index (χ4v) is 3.27. The van der Waals surface area contributed by atoms with Crippen LogP contribution in [0.4, 0.5) is 5.69 Å². The number of nitrogens with zero attached hydrogens (tertiary/aromatic N) is 1. The number of anilines is 1. The van der Waals surface area contributed by atoms with E-state index in [4.69, 9.17) is 9.84 Å². The maximum Gasteiger partial charge on any atom is 0.306 e. The minimum atomic E-state index is -0.791. The van der Waals surface area contributed by atoms with Crippen LogP contribution < -0.4 is 10.1 Å². The zero-order chi connectivity index (χ0) is 19.1. The van der Waals surface area contributed by atoms with Gasteiger partial charge in [-0.2, -0.15) is 0 Å². The number of amides is 2. The average Bonchev–Trinajstić information content (AvgIpc) is 2.65. The average molecular weight is 362 g/mol. The smallest absolute Gasteiger partial charge is 0.306 e. The first-order valence-electron chi connectivity index (χ1n) is 8.90. The third-order valence-electron chi connectivity index (χ3n) is 4.81. The topological polar surface area (TPSA) is 95.9 Å². The van der Waals surface area contributed by atoms with Crippen molar-refractivity contribution in [3.63, 3.8) is 0 Å². The molecule has 0 atom stereocenters. The summed E-state index contributed by atoms with van der Waals surface area (Å²) < 4.78 is 5.12. The van der Waals surface area contributed by atoms with Gasteiger partial charge in [-0.25, -0.2) is 0 Å². The second kappa shape index (κ2) is 9.22. The highest BCUT2D eigenvalue weighted by Crippen LogP contribution is 2.30. The molecule has 0 aliphatic heterocycles. The molecule has 1 aromatic rings. The molecule has 0 saturated heterocycles. The van der Waals surface area contributed by atoms with Crippen molar-refractivity contribution in [2.45, 2.75) is 32.6 Å². The van der Waals surface area contributed by atoms with E-state index in [0.29, 0.717) is 43.7 Å². The van der Waals surface area contributed by atoms with Gasteiger partial charge in [0.2, 0.25) is 11.8 Å². The highest BCUT2D eigenvalue weighted by Gasteiger charge is 2.32. The normalized spacial score (nSPS) is 19.5. The number of likely N-dealkylation sites (N-methyl/N-ethyl adjacent to an activating group) is 1. The lowest BCUT2D eigenvalue weighted by atomic mass is 9.81. The van der Waals surface area contributed by atoms with Gasteiger partial charge in [-0.3, -0.25) is 14.4 Å². The first kappa shape index (κ1) is 19.8. The van der Waals surface area contributed by atoms with Gasteiger partial charge < -0.3 is 20.1 Å². The van der Waals surface area contributed by atoms with Crippen LogP contribution in [0.15, 0.2) is 24.3 Å². The Labute approximate surface area is 153 Å². The van der Waals surface area contributed by atoms with Crippen LogP contribution in [0.25, 0.3) is 0 Å². The van der Waals surface area contributed by atoms with E-state index in [1.54, 1.807) is 31.4 Å². The number of hydrogen-bond acceptors (Lipinski definition) is 4. The predicted molar refractivity (Wildman–Crippen MR) is 97.0 cm³/mol. The van der Waals surface area contributed by atoms with Crippen LogP contribution in [0, 0.1) is 11.8 Å². The largest absolute Gasteiger partial charge is 0.497 e. The van der Waals surface area contributed by atoms with Crippen molar-refractivity contribution in [1.29, 1.82) is 0 Å². The maximum atomic E-state index is 12.7. The van der Waals surface area contributed by atoms with Gasteiger partial charge in [0, 0.05) is 24.2 Å². The van der Waals surface area contributed by atoms with E-state index in [2.05, 4.69) is 5.32 Å². The molecule has 1 aliphatic rings. The molecule has 2 amide bonds. The Balaban J connectivity index is 1.90. The van der Waals surface area contributed by atoms with Gasteiger partial charge in [-0.15, -0.1) is 0 Å². The van der Waals surface area contributed by atoms with Gasteiger partial charge in [0.1, 0.15) is 5.75 Å². The van der Waals surface area contributed by atoms with Crippen LogP contribution in [0.3, 0.4) is 0 Å². The Hall–Kier alpha value is -2.57. The molecule has 0 radical (unpaired) electrons. The van der Waals surface area contributed by atoms with Crippen LogP contribution in [0.1, 0.15) is 32.6 Å². The van der Waals surface area contributed by atoms with Crippen LogP contribution in [-0.2, 0) is 14.4 Å². The number of hydrogen-bond donors (Lipinski definition) is 2. The van der Waals surface area contributed by atoms with Crippen molar-refractivity contribution >= 4 is 23.5 Å². The molecule has 7 nitrogen and oxygen atoms in total. The summed E-state index contributed by atoms with van der Waals surface area (Å²) >= 11 is 0. The summed E-state index contributed by atoms with van der Waals surface area (Å²) in [5.41, 5.74) is 0.611. The molecule has 0 bridgehead atoms. The molecule has 1 aliphatic carbocycles. The van der Waals surface area contributed by atoms with Crippen LogP contribution >= 0.6 is 0 Å². The molecule has 26 heavy (non-hydrogen) atoms. The number of nitrogens with one attached hydrogen (secondary N) is 1. The number of carbonyl (C=O) groups is 3. The first-order chi connectivity index (χ1) is 12.4. The third-order valence-corrected chi connectivity index (χ3v) is 4.81. The van der Waals surface area contributed by atoms with Gasteiger partial charge in [0.15, 0.2) is 0 Å². The van der Waals surface area contributed by atoms with Crippen molar-refractivity contribution in [1.82, 2.24) is 4.90 Å². The molecule has 0 spiro atoms. The monoisotopic (exact) mass is 362 g/mol. The van der Waals surface area contributed by atoms with Gasteiger partial charge in [0.25, 0.3) is 0 Å². The van der Waals surface area contributed by atoms with Gasteiger partial charge in [-0.1, -0.05) is 6.07 Å². The molecule has 2 rings (SSSR count). The van der Waals surface area contributed by atoms with Crippen molar-refractivity contribution < 1.29 is 24.2 Å². The molecule has 0 aromatic heterocycles. The van der Waals surface area contributed by atoms with Crippen LogP contribution in [-0.4, -0.2) is 48.0 Å². The minimum Gasteiger partial charge on any atom is -0.497 e. The van der Waals surface area contributed by atoms with E-state index in [0.717, 1.165) is 0 Å². The Morgan fingerprint density at radius 1 is 1.19 bits per heavy atom. The fraction of sp³-hybridized carbons (Fsp3) is 0.526. The SMILES string of the molecule is CCN(CC(=O)Nc1cccc(OC)c1)C(=O)C1CCC(C(=O)O)CC1. The molecule has 1 saturated carbocycles. The van der Waals surface area contributed by atoms with Crippen molar-refractivity contribution in [2.75, 3.05) is 25.5 Å². The second-order valence-electron chi connectivity index (χ2n) is 6.52. The van der Waals surface area contributed by atoms with Crippen molar-refractivity contribution in [3.05, 3.63) is 24.3 Å². The van der Waals surface area contributed by atoms with E-state index in [-0.39, 0.29) is 30.2 Å². The highest BCUT2D eigenvalue weighted by molar-refractivity contribution is 5.95. The number of ether oxygens (including phenoxy) is 1. The zero-order valence-electron chi connectivity index (χ0n) is 15.2. The number of aliphatic carboxylic acids is 1. The van der Waals surface area contributed by atoms with E-state index in [1.807, 2.05) is 6.92 Å². The second-order valence-corrected chi connectivity index (χ2v) is 6.52. The molecule has 0 unspecified atom stereocenters. The molecular weight excluding hydrogens is 336 g/mol. The van der Waals surface area contributed by atoms with Crippen molar-refractivity contribution in [2.24, 2.45) is 11.8 Å². The van der Waals surface area contributed by atoms with Crippen molar-refractivity contribution in [3.8, 4) is 5.75 Å². The highest BCUT2D eigenvalue weighted by atomic mass is 16.5. The number of carboxylic acid groups (broad SMARTS) is 1. The molecule has 1 aromatic carbocycles. The lowest BCUT2D eigenvalue weighted by Crippen LogP contribution is -2.42. The van der Waals surface area contributed by atoms with E-state index < -0.39 is 5.97 Å². The summed E-state index contributed by atoms with van der Waals surface area (Å²) in [7, 11) is 1.55. The zero-order valence-corrected chi connectivity index (χ0v) is 15.2. The molecule has 1 fully saturated rings. The van der Waals surface area contributed by atoms with Gasteiger partial charge in [0.05, 0.1) is 19.6 Å². The Morgan fingerprint density at radius 3 is 2.42 bits per heavy atom. The van der Waals surface area contributed by atoms with E-state index in [1.165, 1.54) is 4.90 Å². The summed E-state index contributed by atoms with van der Waals surface area (Å²) in [6, 6.07) is 7.03. The quantitative estimate of drug-likeness (QED) is 0.776. The lowest BCUT2D eigenvalue weighted by molar-refractivity contribution is -0.146. The molecule has 0 heterocycles. The maximum absolute atomic E-state index is 12.7. The summed E-state index contributed by atoms with van der Waals surface area (Å²) in [5.74, 6) is -1.05. The molecule has 142 valence electrons. The number of carbonyl (C=O) groups excluding carboxylic acids is 2. The predicted octanol–water partition coefficient (Wildman–Crippen LogP) is 2.37. The van der Waals surface area contributed by atoms with E-state index >= 15 is 0 Å². The van der Waals surface area contributed by atoms with Gasteiger partial charge in [-0.05, 0) is 44.7 Å². The lowest BCUT2D eigenvalue weighted by Gasteiger charge is -2.30. The van der Waals surface area contributed by atoms with Crippen LogP contribution in [0.5, 0.6) is 5.75 Å². The fourth-order valence-electron chi connectivity index (χ4n) is 3.27. The Bertz CT molecular complexity index is 653. The summed E-state index contributed by atoms with van der Waals surface area (Å²) in [6.45, 7) is 2.24. The Morgan fingerprint density at radius 2 is 1.85 bits per heavy atom. The standard InChI is InChI=1S/C19H26N2O5/c1-3-21(18(23)13-7-9-14(10-8-13)19(24)25)12-17(22)20-15-5-4-6-16(11-15)26-2/h4-6,11,13-14H,3,7-10,12H2,1-2H3,(H,20,22)(H,24,25). The molecular formula is C19H26N2O5. The van der Waals surface area contributed by atoms with Crippen LogP contribution in [0.2, 0.25) is 0 Å². The third kappa shape index (κ3) is 5.21. The number of methoxy groups -OCH3 is 1.